The first kappa shape index (κ1) is 12.9. The highest BCUT2D eigenvalue weighted by atomic mass is 16.5. The third kappa shape index (κ3) is 2.71. The first-order valence-corrected chi connectivity index (χ1v) is 5.90. The second-order valence-electron chi connectivity index (χ2n) is 5.67. The van der Waals surface area contributed by atoms with Crippen molar-refractivity contribution in [1.29, 1.82) is 0 Å². The standard InChI is InChI=1S/C12H26N2O/c1-10(2)14(5)12(9-13)6-7-15-11(3,4)8-12/h10H,6-9,13H2,1-5H3. The summed E-state index contributed by atoms with van der Waals surface area (Å²) in [6.07, 6.45) is 2.06. The van der Waals surface area contributed by atoms with E-state index in [-0.39, 0.29) is 11.1 Å². The van der Waals surface area contributed by atoms with E-state index in [1.54, 1.807) is 0 Å². The third-order valence-electron chi connectivity index (χ3n) is 3.72. The highest BCUT2D eigenvalue weighted by Gasteiger charge is 2.43. The molecule has 15 heavy (non-hydrogen) atoms. The third-order valence-corrected chi connectivity index (χ3v) is 3.72. The van der Waals surface area contributed by atoms with Gasteiger partial charge in [-0.25, -0.2) is 0 Å². The Balaban J connectivity index is 2.84. The predicted molar refractivity (Wildman–Crippen MR) is 63.9 cm³/mol. The van der Waals surface area contributed by atoms with Crippen LogP contribution >= 0.6 is 0 Å². The van der Waals surface area contributed by atoms with Crippen molar-refractivity contribution in [2.24, 2.45) is 5.73 Å². The Morgan fingerprint density at radius 3 is 2.40 bits per heavy atom. The molecule has 0 spiro atoms. The van der Waals surface area contributed by atoms with Crippen LogP contribution in [0, 0.1) is 0 Å². The molecule has 0 radical (unpaired) electrons. The van der Waals surface area contributed by atoms with Gasteiger partial charge in [-0.3, -0.25) is 4.90 Å². The van der Waals surface area contributed by atoms with Crippen molar-refractivity contribution < 1.29 is 4.74 Å². The van der Waals surface area contributed by atoms with Gasteiger partial charge in [-0.05, 0) is 47.6 Å². The Kier molecular flexibility index (Phi) is 3.80. The van der Waals surface area contributed by atoms with Crippen LogP contribution < -0.4 is 5.73 Å². The number of rotatable bonds is 3. The van der Waals surface area contributed by atoms with Crippen LogP contribution in [0.5, 0.6) is 0 Å². The Morgan fingerprint density at radius 1 is 1.40 bits per heavy atom. The van der Waals surface area contributed by atoms with Gasteiger partial charge in [-0.15, -0.1) is 0 Å². The Bertz CT molecular complexity index is 216. The fourth-order valence-electron chi connectivity index (χ4n) is 2.62. The minimum Gasteiger partial charge on any atom is -0.375 e. The van der Waals surface area contributed by atoms with Crippen LogP contribution in [0.1, 0.15) is 40.5 Å². The van der Waals surface area contributed by atoms with E-state index in [4.69, 9.17) is 10.5 Å². The van der Waals surface area contributed by atoms with E-state index >= 15 is 0 Å². The topological polar surface area (TPSA) is 38.5 Å². The van der Waals surface area contributed by atoms with Crippen molar-refractivity contribution in [2.75, 3.05) is 20.2 Å². The average Bonchev–Trinajstić information content (AvgIpc) is 2.14. The first-order valence-electron chi connectivity index (χ1n) is 5.90. The van der Waals surface area contributed by atoms with Gasteiger partial charge in [0, 0.05) is 24.7 Å². The number of nitrogens with zero attached hydrogens (tertiary/aromatic N) is 1. The van der Waals surface area contributed by atoms with Crippen LogP contribution in [0.2, 0.25) is 0 Å². The monoisotopic (exact) mass is 214 g/mol. The Hall–Kier alpha value is -0.120. The van der Waals surface area contributed by atoms with Crippen LogP contribution in [0.3, 0.4) is 0 Å². The molecule has 1 aliphatic rings. The normalized spacial score (nSPS) is 31.2. The number of hydrogen-bond acceptors (Lipinski definition) is 3. The lowest BCUT2D eigenvalue weighted by molar-refractivity contribution is -0.118. The lowest BCUT2D eigenvalue weighted by atomic mass is 9.79. The molecule has 90 valence electrons. The summed E-state index contributed by atoms with van der Waals surface area (Å²) < 4.78 is 5.77. The van der Waals surface area contributed by atoms with Crippen molar-refractivity contribution in [1.82, 2.24) is 4.90 Å². The molecular weight excluding hydrogens is 188 g/mol. The largest absolute Gasteiger partial charge is 0.375 e. The average molecular weight is 214 g/mol. The SMILES string of the molecule is CC(C)N(C)C1(CN)CCOC(C)(C)C1. The molecule has 0 amide bonds. The van der Waals surface area contributed by atoms with Crippen LogP contribution in [0.25, 0.3) is 0 Å². The molecule has 2 N–H and O–H groups in total. The molecule has 1 heterocycles. The van der Waals surface area contributed by atoms with Crippen molar-refractivity contribution in [3.05, 3.63) is 0 Å². The van der Waals surface area contributed by atoms with Gasteiger partial charge in [0.1, 0.15) is 0 Å². The van der Waals surface area contributed by atoms with Gasteiger partial charge in [0.25, 0.3) is 0 Å². The molecule has 1 atom stereocenters. The summed E-state index contributed by atoms with van der Waals surface area (Å²) >= 11 is 0. The van der Waals surface area contributed by atoms with Crippen LogP contribution in [0.15, 0.2) is 0 Å². The van der Waals surface area contributed by atoms with E-state index in [9.17, 15) is 0 Å². The summed E-state index contributed by atoms with van der Waals surface area (Å²) in [7, 11) is 2.18. The van der Waals surface area contributed by atoms with Crippen molar-refractivity contribution >= 4 is 0 Å². The van der Waals surface area contributed by atoms with E-state index in [1.807, 2.05) is 0 Å². The molecule has 0 aliphatic carbocycles. The summed E-state index contributed by atoms with van der Waals surface area (Å²) in [5.41, 5.74) is 6.08. The fraction of sp³-hybridized carbons (Fsp3) is 1.00. The minimum absolute atomic E-state index is 0.0409. The molecule has 1 saturated heterocycles. The highest BCUT2D eigenvalue weighted by molar-refractivity contribution is 4.99. The van der Waals surface area contributed by atoms with Gasteiger partial charge in [0.15, 0.2) is 0 Å². The second-order valence-corrected chi connectivity index (χ2v) is 5.67. The van der Waals surface area contributed by atoms with Crippen molar-refractivity contribution in [3.63, 3.8) is 0 Å². The maximum Gasteiger partial charge on any atom is 0.0644 e. The van der Waals surface area contributed by atoms with E-state index in [0.717, 1.165) is 19.4 Å². The number of likely N-dealkylation sites (N-methyl/N-ethyl adjacent to an activating group) is 1. The minimum atomic E-state index is -0.0409. The fourth-order valence-corrected chi connectivity index (χ4v) is 2.62. The summed E-state index contributed by atoms with van der Waals surface area (Å²) in [6.45, 7) is 10.3. The van der Waals surface area contributed by atoms with Gasteiger partial charge in [-0.1, -0.05) is 0 Å². The molecule has 0 aromatic rings. The van der Waals surface area contributed by atoms with Gasteiger partial charge < -0.3 is 10.5 Å². The van der Waals surface area contributed by atoms with Gasteiger partial charge in [0.2, 0.25) is 0 Å². The number of hydrogen-bond donors (Lipinski definition) is 1. The zero-order chi connectivity index (χ0) is 11.7. The molecule has 0 aromatic heterocycles. The molecule has 1 unspecified atom stereocenters. The molecule has 3 heteroatoms. The van der Waals surface area contributed by atoms with E-state index in [1.165, 1.54) is 0 Å². The van der Waals surface area contributed by atoms with E-state index in [0.29, 0.717) is 12.6 Å². The van der Waals surface area contributed by atoms with Crippen LogP contribution in [-0.4, -0.2) is 42.3 Å². The highest BCUT2D eigenvalue weighted by Crippen LogP contribution is 2.35. The molecule has 3 nitrogen and oxygen atoms in total. The maximum absolute atomic E-state index is 6.00. The number of nitrogens with two attached hydrogens (primary N) is 1. The van der Waals surface area contributed by atoms with E-state index < -0.39 is 0 Å². The Labute approximate surface area is 94.0 Å². The summed E-state index contributed by atoms with van der Waals surface area (Å²) in [5, 5.41) is 0. The quantitative estimate of drug-likeness (QED) is 0.776. The van der Waals surface area contributed by atoms with Gasteiger partial charge in [0.05, 0.1) is 5.60 Å². The van der Waals surface area contributed by atoms with Gasteiger partial charge >= 0.3 is 0 Å². The summed E-state index contributed by atoms with van der Waals surface area (Å²) in [5.74, 6) is 0. The zero-order valence-electron chi connectivity index (χ0n) is 10.8. The lowest BCUT2D eigenvalue weighted by Gasteiger charge is -2.50. The van der Waals surface area contributed by atoms with Crippen LogP contribution in [0.4, 0.5) is 0 Å². The van der Waals surface area contributed by atoms with Crippen LogP contribution in [-0.2, 0) is 4.74 Å². The molecule has 0 saturated carbocycles. The molecule has 1 aliphatic heterocycles. The maximum atomic E-state index is 6.00. The molecule has 0 bridgehead atoms. The lowest BCUT2D eigenvalue weighted by Crippen LogP contribution is -2.61. The molecular formula is C12H26N2O. The van der Waals surface area contributed by atoms with E-state index in [2.05, 4.69) is 39.6 Å². The number of ether oxygens (including phenoxy) is 1. The molecule has 1 fully saturated rings. The zero-order valence-corrected chi connectivity index (χ0v) is 10.8. The summed E-state index contributed by atoms with van der Waals surface area (Å²) in [4.78, 5) is 2.41. The van der Waals surface area contributed by atoms with Crippen molar-refractivity contribution in [2.45, 2.75) is 57.7 Å². The molecule has 1 rings (SSSR count). The Morgan fingerprint density at radius 2 is 2.00 bits per heavy atom. The molecule has 0 aromatic carbocycles. The van der Waals surface area contributed by atoms with Crippen molar-refractivity contribution in [3.8, 4) is 0 Å². The first-order chi connectivity index (χ1) is 6.83. The smallest absolute Gasteiger partial charge is 0.0644 e. The predicted octanol–water partition coefficient (Wildman–Crippen LogP) is 1.61. The van der Waals surface area contributed by atoms with Gasteiger partial charge in [-0.2, -0.15) is 0 Å². The second kappa shape index (κ2) is 4.40. The summed E-state index contributed by atoms with van der Waals surface area (Å²) in [6, 6.07) is 0.530.